The van der Waals surface area contributed by atoms with Gasteiger partial charge in [0.25, 0.3) is 17.1 Å². The zero-order chi connectivity index (χ0) is 24.9. The molecule has 0 unspecified atom stereocenters. The number of anilines is 1. The highest BCUT2D eigenvalue weighted by molar-refractivity contribution is 8.18. The van der Waals surface area contributed by atoms with Crippen LogP contribution in [0.3, 0.4) is 0 Å². The van der Waals surface area contributed by atoms with Crippen LogP contribution in [0.1, 0.15) is 16.7 Å². The minimum atomic E-state index is -0.413. The highest BCUT2D eigenvalue weighted by Crippen LogP contribution is 2.35. The maximum atomic E-state index is 12.8. The van der Waals surface area contributed by atoms with Crippen molar-refractivity contribution in [1.29, 1.82) is 0 Å². The van der Waals surface area contributed by atoms with Gasteiger partial charge in [-0.05, 0) is 72.3 Å². The Hall–Kier alpha value is -3.26. The monoisotopic (exact) mass is 526 g/mol. The third kappa shape index (κ3) is 6.25. The molecular weight excluding hydrogens is 507 g/mol. The van der Waals surface area contributed by atoms with Crippen LogP contribution in [0.5, 0.6) is 5.75 Å². The average molecular weight is 527 g/mol. The third-order valence-corrected chi connectivity index (χ3v) is 6.72. The molecule has 3 aromatic carbocycles. The van der Waals surface area contributed by atoms with Gasteiger partial charge in [0.2, 0.25) is 0 Å². The number of benzene rings is 3. The highest BCUT2D eigenvalue weighted by atomic mass is 35.5. The van der Waals surface area contributed by atoms with Gasteiger partial charge in [0.1, 0.15) is 5.75 Å². The van der Waals surface area contributed by atoms with Crippen LogP contribution in [0, 0.1) is 6.92 Å². The van der Waals surface area contributed by atoms with Crippen LogP contribution in [0.15, 0.2) is 71.6 Å². The standard InChI is InChI=1S/C26H20Cl2N2O4S/c1-16-4-2-5-18(12-16)29-24(31)15-34-19-10-8-17(9-11-19)13-23-25(32)30(26(33)35-23)14-20-21(27)6-3-7-22(20)28/h2-13H,14-15H2,1H3,(H,29,31)/b23-13-. The van der Waals surface area contributed by atoms with Crippen LogP contribution in [0.2, 0.25) is 10.0 Å². The van der Waals surface area contributed by atoms with E-state index in [1.165, 1.54) is 0 Å². The lowest BCUT2D eigenvalue weighted by atomic mass is 10.2. The molecule has 1 N–H and O–H groups in total. The van der Waals surface area contributed by atoms with E-state index in [4.69, 9.17) is 27.9 Å². The van der Waals surface area contributed by atoms with Crippen LogP contribution < -0.4 is 10.1 Å². The van der Waals surface area contributed by atoms with E-state index in [0.29, 0.717) is 37.5 Å². The molecule has 3 amide bonds. The molecule has 6 nitrogen and oxygen atoms in total. The predicted octanol–water partition coefficient (Wildman–Crippen LogP) is 6.56. The van der Waals surface area contributed by atoms with Crippen LogP contribution >= 0.6 is 35.0 Å². The number of hydrogen-bond acceptors (Lipinski definition) is 5. The minimum Gasteiger partial charge on any atom is -0.484 e. The molecule has 0 bridgehead atoms. The number of nitrogens with zero attached hydrogens (tertiary/aromatic N) is 1. The summed E-state index contributed by atoms with van der Waals surface area (Å²) in [6.45, 7) is 1.80. The van der Waals surface area contributed by atoms with Crippen LogP contribution in [0.25, 0.3) is 6.08 Å². The van der Waals surface area contributed by atoms with E-state index in [-0.39, 0.29) is 19.1 Å². The van der Waals surface area contributed by atoms with Crippen LogP contribution in [-0.2, 0) is 16.1 Å². The molecule has 0 aromatic heterocycles. The number of amides is 3. The van der Waals surface area contributed by atoms with Crippen molar-refractivity contribution in [3.63, 3.8) is 0 Å². The minimum absolute atomic E-state index is 0.00208. The molecule has 0 saturated carbocycles. The van der Waals surface area contributed by atoms with Gasteiger partial charge in [0, 0.05) is 21.3 Å². The van der Waals surface area contributed by atoms with Crippen molar-refractivity contribution in [2.24, 2.45) is 0 Å². The molecule has 3 aromatic rings. The predicted molar refractivity (Wildman–Crippen MR) is 140 cm³/mol. The molecule has 1 fully saturated rings. The zero-order valence-corrected chi connectivity index (χ0v) is 20.9. The average Bonchev–Trinajstić information content (AvgIpc) is 3.08. The van der Waals surface area contributed by atoms with Crippen LogP contribution in [0.4, 0.5) is 10.5 Å². The summed E-state index contributed by atoms with van der Waals surface area (Å²) in [7, 11) is 0. The molecule has 1 aliphatic rings. The van der Waals surface area contributed by atoms with E-state index in [2.05, 4.69) is 5.32 Å². The number of halogens is 2. The highest BCUT2D eigenvalue weighted by Gasteiger charge is 2.35. The SMILES string of the molecule is Cc1cccc(NC(=O)COc2ccc(/C=C3\SC(=O)N(Cc4c(Cl)cccc4Cl)C3=O)cc2)c1. The Morgan fingerprint density at radius 2 is 1.71 bits per heavy atom. The first kappa shape index (κ1) is 24.9. The normalized spacial score (nSPS) is 14.5. The molecule has 0 radical (unpaired) electrons. The first-order valence-electron chi connectivity index (χ1n) is 10.6. The molecule has 178 valence electrons. The lowest BCUT2D eigenvalue weighted by molar-refractivity contribution is -0.123. The number of ether oxygens (including phenoxy) is 1. The van der Waals surface area contributed by atoms with Crippen molar-refractivity contribution >= 4 is 63.8 Å². The van der Waals surface area contributed by atoms with Gasteiger partial charge in [-0.25, -0.2) is 0 Å². The lowest BCUT2D eigenvalue weighted by Gasteiger charge is -2.14. The first-order valence-corrected chi connectivity index (χ1v) is 12.1. The van der Waals surface area contributed by atoms with Gasteiger partial charge in [0.05, 0.1) is 11.4 Å². The molecule has 4 rings (SSSR count). The number of thioether (sulfide) groups is 1. The van der Waals surface area contributed by atoms with E-state index in [1.807, 2.05) is 31.2 Å². The van der Waals surface area contributed by atoms with E-state index >= 15 is 0 Å². The Bertz CT molecular complexity index is 1300. The van der Waals surface area contributed by atoms with Crippen molar-refractivity contribution in [2.45, 2.75) is 13.5 Å². The number of carbonyl (C=O) groups excluding carboxylic acids is 3. The van der Waals surface area contributed by atoms with Crippen molar-refractivity contribution in [1.82, 2.24) is 4.90 Å². The van der Waals surface area contributed by atoms with Gasteiger partial charge in [-0.1, -0.05) is 53.5 Å². The second-order valence-corrected chi connectivity index (χ2v) is 9.55. The number of rotatable bonds is 7. The quantitative estimate of drug-likeness (QED) is 0.353. The summed E-state index contributed by atoms with van der Waals surface area (Å²) < 4.78 is 5.55. The van der Waals surface area contributed by atoms with E-state index in [1.54, 1.807) is 48.5 Å². The van der Waals surface area contributed by atoms with Crippen molar-refractivity contribution in [3.05, 3.63) is 98.4 Å². The fraction of sp³-hybridized carbons (Fsp3) is 0.115. The van der Waals surface area contributed by atoms with Gasteiger partial charge < -0.3 is 10.1 Å². The molecule has 0 spiro atoms. The largest absolute Gasteiger partial charge is 0.484 e. The molecule has 0 aliphatic carbocycles. The molecule has 0 atom stereocenters. The van der Waals surface area contributed by atoms with E-state index < -0.39 is 11.1 Å². The van der Waals surface area contributed by atoms with Crippen LogP contribution in [-0.4, -0.2) is 28.6 Å². The summed E-state index contributed by atoms with van der Waals surface area (Å²) in [5.74, 6) is -0.181. The van der Waals surface area contributed by atoms with Gasteiger partial charge >= 0.3 is 0 Å². The van der Waals surface area contributed by atoms with Crippen molar-refractivity contribution in [3.8, 4) is 5.75 Å². The molecule has 1 heterocycles. The number of hydrogen-bond donors (Lipinski definition) is 1. The van der Waals surface area contributed by atoms with Gasteiger partial charge in [-0.2, -0.15) is 0 Å². The summed E-state index contributed by atoms with van der Waals surface area (Å²) >= 11 is 13.2. The first-order chi connectivity index (χ1) is 16.8. The Morgan fingerprint density at radius 3 is 2.40 bits per heavy atom. The lowest BCUT2D eigenvalue weighted by Crippen LogP contribution is -2.27. The molecule has 9 heteroatoms. The Labute approximate surface area is 216 Å². The summed E-state index contributed by atoms with van der Waals surface area (Å²) in [4.78, 5) is 38.8. The summed E-state index contributed by atoms with van der Waals surface area (Å²) in [5.41, 5.74) is 2.99. The molecule has 1 aliphatic heterocycles. The number of aryl methyl sites for hydroxylation is 1. The van der Waals surface area contributed by atoms with Gasteiger partial charge in [-0.3, -0.25) is 19.3 Å². The maximum Gasteiger partial charge on any atom is 0.293 e. The van der Waals surface area contributed by atoms with Crippen molar-refractivity contribution < 1.29 is 19.1 Å². The van der Waals surface area contributed by atoms with E-state index in [0.717, 1.165) is 22.2 Å². The number of imide groups is 1. The van der Waals surface area contributed by atoms with Gasteiger partial charge in [0.15, 0.2) is 6.61 Å². The smallest absolute Gasteiger partial charge is 0.293 e. The van der Waals surface area contributed by atoms with Crippen molar-refractivity contribution in [2.75, 3.05) is 11.9 Å². The maximum absolute atomic E-state index is 12.8. The Kier molecular flexibility index (Phi) is 7.80. The Balaban J connectivity index is 1.36. The summed E-state index contributed by atoms with van der Waals surface area (Å²) in [6.07, 6.45) is 1.63. The fourth-order valence-corrected chi connectivity index (χ4v) is 4.71. The fourth-order valence-electron chi connectivity index (χ4n) is 3.36. The number of carbonyl (C=O) groups is 3. The zero-order valence-electron chi connectivity index (χ0n) is 18.6. The Morgan fingerprint density at radius 1 is 1.03 bits per heavy atom. The summed E-state index contributed by atoms with van der Waals surface area (Å²) in [5, 5.41) is 3.18. The summed E-state index contributed by atoms with van der Waals surface area (Å²) in [6, 6.07) is 19.4. The molecule has 1 saturated heterocycles. The second kappa shape index (κ2) is 11.0. The molecular formula is C26H20Cl2N2O4S. The number of nitrogens with one attached hydrogen (secondary N) is 1. The topological polar surface area (TPSA) is 75.7 Å². The van der Waals surface area contributed by atoms with E-state index in [9.17, 15) is 14.4 Å². The molecule has 35 heavy (non-hydrogen) atoms. The van der Waals surface area contributed by atoms with Gasteiger partial charge in [-0.15, -0.1) is 0 Å². The third-order valence-electron chi connectivity index (χ3n) is 5.10. The second-order valence-electron chi connectivity index (χ2n) is 7.74.